The van der Waals surface area contributed by atoms with E-state index in [1.54, 1.807) is 5.38 Å². The predicted octanol–water partition coefficient (Wildman–Crippen LogP) is 3.85. The molecule has 5 heteroatoms. The van der Waals surface area contributed by atoms with Gasteiger partial charge in [0.15, 0.2) is 0 Å². The van der Waals surface area contributed by atoms with Gasteiger partial charge in [0.1, 0.15) is 11.4 Å². The minimum absolute atomic E-state index is 0.112. The molecule has 0 aliphatic heterocycles. The lowest BCUT2D eigenvalue weighted by atomic mass is 10.1. The number of hydrogen-bond acceptors (Lipinski definition) is 4. The first kappa shape index (κ1) is 17.5. The number of amides is 1. The zero-order chi connectivity index (χ0) is 16.7. The van der Waals surface area contributed by atoms with Gasteiger partial charge >= 0.3 is 0 Å². The van der Waals surface area contributed by atoms with Crippen molar-refractivity contribution in [1.29, 1.82) is 0 Å². The molecule has 0 unspecified atom stereocenters. The number of benzene rings is 1. The number of ether oxygens (including phenoxy) is 1. The monoisotopic (exact) mass is 332 g/mol. The molecule has 0 aliphatic rings. The first-order valence-corrected chi connectivity index (χ1v) is 8.84. The lowest BCUT2D eigenvalue weighted by Crippen LogP contribution is -2.26. The molecule has 2 rings (SSSR count). The van der Waals surface area contributed by atoms with Crippen LogP contribution < -0.4 is 10.1 Å². The van der Waals surface area contributed by atoms with Crippen molar-refractivity contribution in [3.63, 3.8) is 0 Å². The maximum atomic E-state index is 11.9. The molecule has 1 N–H and O–H groups in total. The summed E-state index contributed by atoms with van der Waals surface area (Å²) in [5, 5.41) is 5.59. The average molecular weight is 332 g/mol. The van der Waals surface area contributed by atoms with E-state index >= 15 is 0 Å². The second-order valence-corrected chi connectivity index (χ2v) is 7.00. The highest BCUT2D eigenvalue weighted by molar-refractivity contribution is 7.09. The largest absolute Gasteiger partial charge is 0.494 e. The van der Waals surface area contributed by atoms with Crippen molar-refractivity contribution < 1.29 is 9.53 Å². The number of rotatable bonds is 8. The van der Waals surface area contributed by atoms with Gasteiger partial charge < -0.3 is 10.1 Å². The molecule has 1 aromatic carbocycles. The standard InChI is InChI=1S/C18H24N2O2S/c1-13(2)8-10-22-16-6-4-5-15(11-16)7-9-19-18(21)17-12-23-14(3)20-17/h4-6,11-13H,7-10H2,1-3H3,(H,19,21). The normalized spacial score (nSPS) is 10.8. The minimum atomic E-state index is -0.112. The van der Waals surface area contributed by atoms with Crippen LogP contribution in [0.4, 0.5) is 0 Å². The van der Waals surface area contributed by atoms with Gasteiger partial charge in [0.25, 0.3) is 5.91 Å². The predicted molar refractivity (Wildman–Crippen MR) is 94.3 cm³/mol. The number of nitrogens with zero attached hydrogens (tertiary/aromatic N) is 1. The SMILES string of the molecule is Cc1nc(C(=O)NCCc2cccc(OCCC(C)C)c2)cs1. The Kier molecular flexibility index (Phi) is 6.59. The van der Waals surface area contributed by atoms with Gasteiger partial charge in [0, 0.05) is 11.9 Å². The summed E-state index contributed by atoms with van der Waals surface area (Å²) in [6, 6.07) is 8.06. The first-order valence-electron chi connectivity index (χ1n) is 7.96. The molecule has 2 aromatic rings. The molecule has 4 nitrogen and oxygen atoms in total. The average Bonchev–Trinajstić information content (AvgIpc) is 2.94. The Morgan fingerprint density at radius 2 is 2.22 bits per heavy atom. The third-order valence-electron chi connectivity index (χ3n) is 3.41. The summed E-state index contributed by atoms with van der Waals surface area (Å²) >= 11 is 1.49. The lowest BCUT2D eigenvalue weighted by Gasteiger charge is -2.10. The van der Waals surface area contributed by atoms with Gasteiger partial charge in [0.05, 0.1) is 11.6 Å². The van der Waals surface area contributed by atoms with Crippen LogP contribution >= 0.6 is 11.3 Å². The highest BCUT2D eigenvalue weighted by Crippen LogP contribution is 2.15. The Balaban J connectivity index is 1.78. The topological polar surface area (TPSA) is 51.2 Å². The molecule has 23 heavy (non-hydrogen) atoms. The fourth-order valence-corrected chi connectivity index (χ4v) is 2.67. The van der Waals surface area contributed by atoms with E-state index in [1.807, 2.05) is 25.1 Å². The summed E-state index contributed by atoms with van der Waals surface area (Å²) in [6.45, 7) is 7.59. The summed E-state index contributed by atoms with van der Waals surface area (Å²) in [4.78, 5) is 16.1. The molecule has 0 aliphatic carbocycles. The Hall–Kier alpha value is -1.88. The first-order chi connectivity index (χ1) is 11.0. The molecule has 0 atom stereocenters. The molecule has 0 spiro atoms. The fourth-order valence-electron chi connectivity index (χ4n) is 2.08. The van der Waals surface area contributed by atoms with Gasteiger partial charge in [-0.15, -0.1) is 11.3 Å². The second-order valence-electron chi connectivity index (χ2n) is 5.94. The van der Waals surface area contributed by atoms with Crippen LogP contribution in [0.2, 0.25) is 0 Å². The molecule has 124 valence electrons. The van der Waals surface area contributed by atoms with Gasteiger partial charge in [-0.1, -0.05) is 26.0 Å². The van der Waals surface area contributed by atoms with Crippen LogP contribution in [-0.2, 0) is 6.42 Å². The number of carbonyl (C=O) groups excluding carboxylic acids is 1. The number of carbonyl (C=O) groups is 1. The van der Waals surface area contributed by atoms with Crippen molar-refractivity contribution in [3.05, 3.63) is 45.9 Å². The smallest absolute Gasteiger partial charge is 0.270 e. The molecule has 0 bridgehead atoms. The van der Waals surface area contributed by atoms with E-state index in [0.29, 0.717) is 18.2 Å². The zero-order valence-corrected chi connectivity index (χ0v) is 14.8. The maximum Gasteiger partial charge on any atom is 0.270 e. The molecule has 1 amide bonds. The summed E-state index contributed by atoms with van der Waals surface area (Å²) < 4.78 is 5.76. The van der Waals surface area contributed by atoms with Crippen LogP contribution in [0.15, 0.2) is 29.6 Å². The third kappa shape index (κ3) is 6.02. The van der Waals surface area contributed by atoms with Crippen LogP contribution in [0.1, 0.15) is 41.3 Å². The quantitative estimate of drug-likeness (QED) is 0.799. The van der Waals surface area contributed by atoms with E-state index in [4.69, 9.17) is 4.74 Å². The summed E-state index contributed by atoms with van der Waals surface area (Å²) in [5.41, 5.74) is 1.65. The Labute approximate surface area is 141 Å². The summed E-state index contributed by atoms with van der Waals surface area (Å²) in [5.74, 6) is 1.42. The van der Waals surface area contributed by atoms with E-state index < -0.39 is 0 Å². The minimum Gasteiger partial charge on any atom is -0.494 e. The van der Waals surface area contributed by atoms with Gasteiger partial charge in [-0.25, -0.2) is 4.98 Å². The van der Waals surface area contributed by atoms with Crippen molar-refractivity contribution in [2.45, 2.75) is 33.6 Å². The van der Waals surface area contributed by atoms with E-state index in [2.05, 4.69) is 30.2 Å². The van der Waals surface area contributed by atoms with Gasteiger partial charge in [0.2, 0.25) is 0 Å². The summed E-state index contributed by atoms with van der Waals surface area (Å²) in [7, 11) is 0. The van der Waals surface area contributed by atoms with Gasteiger partial charge in [-0.2, -0.15) is 0 Å². The number of nitrogens with one attached hydrogen (secondary N) is 1. The number of hydrogen-bond donors (Lipinski definition) is 1. The molecular formula is C18H24N2O2S. The molecule has 0 saturated carbocycles. The van der Waals surface area contributed by atoms with Gasteiger partial charge in [-0.3, -0.25) is 4.79 Å². The van der Waals surface area contributed by atoms with Crippen LogP contribution in [0.5, 0.6) is 5.75 Å². The molecule has 1 aromatic heterocycles. The van der Waals surface area contributed by atoms with Crippen molar-refractivity contribution in [3.8, 4) is 5.75 Å². The number of aromatic nitrogens is 1. The van der Waals surface area contributed by atoms with E-state index in [9.17, 15) is 4.79 Å². The number of aryl methyl sites for hydroxylation is 1. The fraction of sp³-hybridized carbons (Fsp3) is 0.444. The summed E-state index contributed by atoms with van der Waals surface area (Å²) in [6.07, 6.45) is 1.82. The van der Waals surface area contributed by atoms with Gasteiger partial charge in [-0.05, 0) is 43.4 Å². The van der Waals surface area contributed by atoms with Crippen molar-refractivity contribution in [1.82, 2.24) is 10.3 Å². The van der Waals surface area contributed by atoms with Crippen LogP contribution in [-0.4, -0.2) is 24.0 Å². The molecule has 0 radical (unpaired) electrons. The van der Waals surface area contributed by atoms with Crippen molar-refractivity contribution >= 4 is 17.2 Å². The van der Waals surface area contributed by atoms with Crippen LogP contribution in [0.3, 0.4) is 0 Å². The highest BCUT2D eigenvalue weighted by Gasteiger charge is 2.08. The molecular weight excluding hydrogens is 308 g/mol. The maximum absolute atomic E-state index is 11.9. The Morgan fingerprint density at radius 3 is 2.91 bits per heavy atom. The van der Waals surface area contributed by atoms with Crippen molar-refractivity contribution in [2.75, 3.05) is 13.2 Å². The van der Waals surface area contributed by atoms with E-state index in [0.717, 1.165) is 35.8 Å². The second kappa shape index (κ2) is 8.67. The Bertz CT molecular complexity index is 637. The number of thiazole rings is 1. The highest BCUT2D eigenvalue weighted by atomic mass is 32.1. The molecule has 1 heterocycles. The Morgan fingerprint density at radius 1 is 1.39 bits per heavy atom. The lowest BCUT2D eigenvalue weighted by molar-refractivity contribution is 0.0949. The van der Waals surface area contributed by atoms with Crippen molar-refractivity contribution in [2.24, 2.45) is 5.92 Å². The van der Waals surface area contributed by atoms with E-state index in [-0.39, 0.29) is 5.91 Å². The molecule has 0 fully saturated rings. The zero-order valence-electron chi connectivity index (χ0n) is 14.0. The van der Waals surface area contributed by atoms with Crippen LogP contribution in [0, 0.1) is 12.8 Å². The molecule has 0 saturated heterocycles. The van der Waals surface area contributed by atoms with E-state index in [1.165, 1.54) is 11.3 Å². The third-order valence-corrected chi connectivity index (χ3v) is 4.19. The van der Waals surface area contributed by atoms with Crippen LogP contribution in [0.25, 0.3) is 0 Å².